The summed E-state index contributed by atoms with van der Waals surface area (Å²) in [5, 5.41) is 8.54. The van der Waals surface area contributed by atoms with Crippen molar-refractivity contribution < 1.29 is 50.9 Å². The molecule has 0 fully saturated rings. The average molecular weight is 511 g/mol. The van der Waals surface area contributed by atoms with Gasteiger partial charge in [0.2, 0.25) is 0 Å². The Hall–Kier alpha value is -1.19. The molecule has 0 amide bonds. The maximum atomic E-state index is 11.9. The SMILES string of the molecule is O=S(=O)(OCCOCCOCCOCCOCCOCCOCCOCCO)c1ccccc1. The lowest BCUT2D eigenvalue weighted by atomic mass is 10.4. The van der Waals surface area contributed by atoms with Gasteiger partial charge in [-0.25, -0.2) is 0 Å². The third kappa shape index (κ3) is 18.2. The van der Waals surface area contributed by atoms with E-state index >= 15 is 0 Å². The molecule has 0 aromatic heterocycles. The predicted octanol–water partition coefficient (Wildman–Crippen LogP) is 0.500. The molecule has 0 aliphatic heterocycles. The van der Waals surface area contributed by atoms with Crippen LogP contribution in [0.5, 0.6) is 0 Å². The first-order chi connectivity index (χ1) is 16.7. The van der Waals surface area contributed by atoms with Crippen molar-refractivity contribution >= 4 is 10.1 Å². The molecule has 0 aliphatic rings. The number of aliphatic hydroxyl groups excluding tert-OH is 1. The van der Waals surface area contributed by atoms with Crippen molar-refractivity contribution in [1.82, 2.24) is 0 Å². The van der Waals surface area contributed by atoms with Crippen molar-refractivity contribution in [3.05, 3.63) is 30.3 Å². The summed E-state index contributed by atoms with van der Waals surface area (Å²) < 4.78 is 65.9. The Morgan fingerprint density at radius 1 is 0.500 bits per heavy atom. The molecular formula is C22H38O11S. The van der Waals surface area contributed by atoms with Gasteiger partial charge in [-0.05, 0) is 12.1 Å². The van der Waals surface area contributed by atoms with E-state index in [4.69, 9.17) is 42.4 Å². The minimum atomic E-state index is -3.75. The van der Waals surface area contributed by atoms with Gasteiger partial charge in [0.1, 0.15) is 0 Å². The molecule has 198 valence electrons. The second-order valence-corrected chi connectivity index (χ2v) is 8.21. The van der Waals surface area contributed by atoms with Gasteiger partial charge in [0.25, 0.3) is 10.1 Å². The standard InChI is InChI=1S/C22H38O11S/c23-6-7-26-8-9-27-10-11-28-12-13-29-14-15-30-16-17-31-18-19-32-20-21-33-34(24,25)22-4-2-1-3-5-22/h1-5,23H,6-21H2. The van der Waals surface area contributed by atoms with Gasteiger partial charge < -0.3 is 38.3 Å². The third-order valence-electron chi connectivity index (χ3n) is 3.97. The van der Waals surface area contributed by atoms with Gasteiger partial charge in [-0.15, -0.1) is 0 Å². The quantitative estimate of drug-likeness (QED) is 0.146. The highest BCUT2D eigenvalue weighted by molar-refractivity contribution is 7.86. The summed E-state index contributed by atoms with van der Waals surface area (Å²) in [5.74, 6) is 0. The van der Waals surface area contributed by atoms with Crippen LogP contribution in [0, 0.1) is 0 Å². The second-order valence-electron chi connectivity index (χ2n) is 6.60. The van der Waals surface area contributed by atoms with Crippen LogP contribution in [-0.4, -0.2) is 119 Å². The fourth-order valence-corrected chi connectivity index (χ4v) is 3.26. The van der Waals surface area contributed by atoms with Crippen LogP contribution in [0.2, 0.25) is 0 Å². The zero-order valence-corrected chi connectivity index (χ0v) is 20.5. The molecule has 0 saturated heterocycles. The van der Waals surface area contributed by atoms with Gasteiger partial charge in [-0.3, -0.25) is 4.18 Å². The van der Waals surface area contributed by atoms with E-state index in [0.717, 1.165) is 0 Å². The Bertz CT molecular complexity index is 658. The van der Waals surface area contributed by atoms with Crippen molar-refractivity contribution in [1.29, 1.82) is 0 Å². The van der Waals surface area contributed by atoms with Crippen LogP contribution in [0.4, 0.5) is 0 Å². The number of hydrogen-bond donors (Lipinski definition) is 1. The maximum absolute atomic E-state index is 11.9. The first-order valence-corrected chi connectivity index (χ1v) is 12.7. The Balaban J connectivity index is 1.74. The summed E-state index contributed by atoms with van der Waals surface area (Å²) in [7, 11) is -3.75. The number of benzene rings is 1. The van der Waals surface area contributed by atoms with E-state index in [-0.39, 0.29) is 24.7 Å². The Morgan fingerprint density at radius 3 is 1.18 bits per heavy atom. The zero-order chi connectivity index (χ0) is 24.6. The number of aliphatic hydroxyl groups is 1. The van der Waals surface area contributed by atoms with Crippen LogP contribution in [0.3, 0.4) is 0 Å². The largest absolute Gasteiger partial charge is 0.394 e. The highest BCUT2D eigenvalue weighted by Gasteiger charge is 2.13. The first kappa shape index (κ1) is 30.8. The van der Waals surface area contributed by atoms with E-state index in [0.29, 0.717) is 85.9 Å². The fourth-order valence-electron chi connectivity index (χ4n) is 2.34. The molecule has 1 rings (SSSR count). The van der Waals surface area contributed by atoms with Crippen LogP contribution in [-0.2, 0) is 47.5 Å². The van der Waals surface area contributed by atoms with Crippen LogP contribution in [0.1, 0.15) is 0 Å². The Morgan fingerprint density at radius 2 is 0.824 bits per heavy atom. The number of hydrogen-bond acceptors (Lipinski definition) is 11. The van der Waals surface area contributed by atoms with Crippen molar-refractivity contribution in [2.75, 3.05) is 106 Å². The van der Waals surface area contributed by atoms with E-state index in [9.17, 15) is 8.42 Å². The highest BCUT2D eigenvalue weighted by atomic mass is 32.2. The second kappa shape index (κ2) is 22.3. The summed E-state index contributed by atoms with van der Waals surface area (Å²) in [5.41, 5.74) is 0. The molecule has 1 aromatic rings. The fraction of sp³-hybridized carbons (Fsp3) is 0.727. The monoisotopic (exact) mass is 510 g/mol. The van der Waals surface area contributed by atoms with Crippen LogP contribution in [0.25, 0.3) is 0 Å². The van der Waals surface area contributed by atoms with Gasteiger partial charge >= 0.3 is 0 Å². The number of ether oxygens (including phenoxy) is 7. The van der Waals surface area contributed by atoms with Gasteiger partial charge in [0.15, 0.2) is 0 Å². The van der Waals surface area contributed by atoms with E-state index in [1.54, 1.807) is 18.2 Å². The molecule has 12 heteroatoms. The van der Waals surface area contributed by atoms with Crippen LogP contribution in [0.15, 0.2) is 35.2 Å². The smallest absolute Gasteiger partial charge is 0.297 e. The van der Waals surface area contributed by atoms with Crippen molar-refractivity contribution in [3.63, 3.8) is 0 Å². The normalized spacial score (nSPS) is 11.8. The van der Waals surface area contributed by atoms with Gasteiger partial charge in [-0.1, -0.05) is 18.2 Å². The average Bonchev–Trinajstić information content (AvgIpc) is 2.85. The molecule has 0 spiro atoms. The lowest BCUT2D eigenvalue weighted by molar-refractivity contribution is -0.0220. The molecule has 0 bridgehead atoms. The van der Waals surface area contributed by atoms with Crippen molar-refractivity contribution in [3.8, 4) is 0 Å². The molecule has 0 aliphatic carbocycles. The molecule has 0 radical (unpaired) electrons. The zero-order valence-electron chi connectivity index (χ0n) is 19.6. The number of rotatable bonds is 25. The summed E-state index contributed by atoms with van der Waals surface area (Å²) >= 11 is 0. The topological polar surface area (TPSA) is 128 Å². The van der Waals surface area contributed by atoms with Crippen LogP contribution < -0.4 is 0 Å². The van der Waals surface area contributed by atoms with Gasteiger partial charge in [0.05, 0.1) is 111 Å². The molecule has 0 saturated carbocycles. The minimum Gasteiger partial charge on any atom is -0.394 e. The van der Waals surface area contributed by atoms with E-state index < -0.39 is 10.1 Å². The molecule has 0 unspecified atom stereocenters. The van der Waals surface area contributed by atoms with Crippen molar-refractivity contribution in [2.45, 2.75) is 4.90 Å². The Kier molecular flexibility index (Phi) is 20.2. The van der Waals surface area contributed by atoms with Gasteiger partial charge in [-0.2, -0.15) is 8.42 Å². The molecule has 0 atom stereocenters. The van der Waals surface area contributed by atoms with E-state index in [1.807, 2.05) is 0 Å². The molecule has 0 heterocycles. The first-order valence-electron chi connectivity index (χ1n) is 11.3. The molecule has 1 aromatic carbocycles. The summed E-state index contributed by atoms with van der Waals surface area (Å²) in [4.78, 5) is 0.122. The summed E-state index contributed by atoms with van der Waals surface area (Å²) in [6.07, 6.45) is 0. The maximum Gasteiger partial charge on any atom is 0.297 e. The summed E-state index contributed by atoms with van der Waals surface area (Å²) in [6, 6.07) is 7.97. The molecule has 11 nitrogen and oxygen atoms in total. The highest BCUT2D eigenvalue weighted by Crippen LogP contribution is 2.10. The molecule has 34 heavy (non-hydrogen) atoms. The summed E-state index contributed by atoms with van der Waals surface area (Å²) in [6.45, 7) is 5.82. The van der Waals surface area contributed by atoms with E-state index in [1.165, 1.54) is 12.1 Å². The lowest BCUT2D eigenvalue weighted by Gasteiger charge is -2.08. The predicted molar refractivity (Wildman–Crippen MR) is 122 cm³/mol. The Labute approximate surface area is 202 Å². The van der Waals surface area contributed by atoms with Gasteiger partial charge in [0, 0.05) is 0 Å². The van der Waals surface area contributed by atoms with Crippen molar-refractivity contribution in [2.24, 2.45) is 0 Å². The third-order valence-corrected chi connectivity index (χ3v) is 5.29. The minimum absolute atomic E-state index is 0.0167. The van der Waals surface area contributed by atoms with Crippen LogP contribution >= 0.6 is 0 Å². The lowest BCUT2D eigenvalue weighted by Crippen LogP contribution is -2.15. The molecular weight excluding hydrogens is 472 g/mol. The molecule has 1 N–H and O–H groups in total. The van der Waals surface area contributed by atoms with E-state index in [2.05, 4.69) is 0 Å².